The lowest BCUT2D eigenvalue weighted by atomic mass is 10.0. The molecule has 96 valence electrons. The fourth-order valence-corrected chi connectivity index (χ4v) is 1.98. The number of nitrogens with zero attached hydrogens (tertiary/aromatic N) is 1. The van der Waals surface area contributed by atoms with E-state index in [9.17, 15) is 0 Å². The van der Waals surface area contributed by atoms with Gasteiger partial charge in [0.15, 0.2) is 6.39 Å². The van der Waals surface area contributed by atoms with Gasteiger partial charge in [-0.25, -0.2) is 4.98 Å². The van der Waals surface area contributed by atoms with Gasteiger partial charge in [0.1, 0.15) is 11.5 Å². The van der Waals surface area contributed by atoms with Gasteiger partial charge in [0, 0.05) is 11.6 Å². The van der Waals surface area contributed by atoms with Crippen LogP contribution in [0.15, 0.2) is 41.3 Å². The Hall–Kier alpha value is -1.81. The molecule has 0 fully saturated rings. The Labute approximate surface area is 107 Å². The Morgan fingerprint density at radius 3 is 2.89 bits per heavy atom. The number of aromatic nitrogens is 1. The Kier molecular flexibility index (Phi) is 4.36. The van der Waals surface area contributed by atoms with Gasteiger partial charge in [-0.05, 0) is 12.5 Å². The first kappa shape index (κ1) is 12.6. The lowest BCUT2D eigenvalue weighted by Gasteiger charge is -2.19. The van der Waals surface area contributed by atoms with Crippen molar-refractivity contribution in [2.75, 3.05) is 7.11 Å². The zero-order valence-electron chi connectivity index (χ0n) is 10.7. The number of oxazole rings is 1. The Balaban J connectivity index is 2.08. The second kappa shape index (κ2) is 6.21. The topological polar surface area (TPSA) is 47.3 Å². The number of benzene rings is 1. The van der Waals surface area contributed by atoms with Crippen LogP contribution in [-0.4, -0.2) is 12.1 Å². The largest absolute Gasteiger partial charge is 0.496 e. The maximum Gasteiger partial charge on any atom is 0.180 e. The zero-order valence-corrected chi connectivity index (χ0v) is 10.7. The van der Waals surface area contributed by atoms with Gasteiger partial charge in [-0.3, -0.25) is 0 Å². The average molecular weight is 246 g/mol. The van der Waals surface area contributed by atoms with Gasteiger partial charge in [0.05, 0.1) is 19.9 Å². The van der Waals surface area contributed by atoms with Crippen LogP contribution in [0, 0.1) is 0 Å². The highest BCUT2D eigenvalue weighted by molar-refractivity contribution is 5.35. The van der Waals surface area contributed by atoms with Crippen molar-refractivity contribution in [2.45, 2.75) is 25.9 Å². The number of nitrogens with one attached hydrogen (secondary N) is 1. The number of para-hydroxylation sites is 1. The van der Waals surface area contributed by atoms with E-state index in [1.54, 1.807) is 13.3 Å². The molecule has 4 nitrogen and oxygen atoms in total. The highest BCUT2D eigenvalue weighted by Gasteiger charge is 2.13. The molecule has 0 spiro atoms. The van der Waals surface area contributed by atoms with Crippen LogP contribution >= 0.6 is 0 Å². The number of hydrogen-bond donors (Lipinski definition) is 1. The van der Waals surface area contributed by atoms with Crippen LogP contribution in [-0.2, 0) is 6.54 Å². The molecule has 0 saturated carbocycles. The van der Waals surface area contributed by atoms with Crippen molar-refractivity contribution in [2.24, 2.45) is 0 Å². The van der Waals surface area contributed by atoms with Gasteiger partial charge in [0.25, 0.3) is 0 Å². The molecule has 1 heterocycles. The lowest BCUT2D eigenvalue weighted by molar-refractivity contribution is 0.390. The van der Waals surface area contributed by atoms with E-state index in [0.29, 0.717) is 6.54 Å². The van der Waals surface area contributed by atoms with Gasteiger partial charge in [-0.15, -0.1) is 0 Å². The van der Waals surface area contributed by atoms with Crippen LogP contribution in [0.5, 0.6) is 5.75 Å². The summed E-state index contributed by atoms with van der Waals surface area (Å²) in [5.74, 6) is 1.75. The summed E-state index contributed by atoms with van der Waals surface area (Å²) in [4.78, 5) is 3.90. The van der Waals surface area contributed by atoms with E-state index in [1.165, 1.54) is 12.0 Å². The van der Waals surface area contributed by atoms with Crippen LogP contribution in [0.2, 0.25) is 0 Å². The summed E-state index contributed by atoms with van der Waals surface area (Å²) in [6.07, 6.45) is 4.15. The molecule has 1 unspecified atom stereocenters. The number of methoxy groups -OCH3 is 1. The molecular weight excluding hydrogens is 228 g/mol. The molecule has 2 rings (SSSR count). The Morgan fingerprint density at radius 1 is 1.39 bits per heavy atom. The summed E-state index contributed by atoms with van der Waals surface area (Å²) in [5, 5.41) is 3.45. The van der Waals surface area contributed by atoms with E-state index >= 15 is 0 Å². The van der Waals surface area contributed by atoms with Crippen molar-refractivity contribution in [1.29, 1.82) is 0 Å². The van der Waals surface area contributed by atoms with Crippen molar-refractivity contribution >= 4 is 0 Å². The Bertz CT molecular complexity index is 468. The number of rotatable bonds is 6. The van der Waals surface area contributed by atoms with Crippen LogP contribution in [0.4, 0.5) is 0 Å². The molecule has 1 N–H and O–H groups in total. The molecule has 0 aliphatic heterocycles. The van der Waals surface area contributed by atoms with Crippen LogP contribution in [0.3, 0.4) is 0 Å². The van der Waals surface area contributed by atoms with Crippen molar-refractivity contribution < 1.29 is 9.15 Å². The molecule has 4 heteroatoms. The molecule has 0 amide bonds. The Morgan fingerprint density at radius 2 is 2.22 bits per heavy atom. The lowest BCUT2D eigenvalue weighted by Crippen LogP contribution is -2.20. The van der Waals surface area contributed by atoms with Gasteiger partial charge in [0.2, 0.25) is 0 Å². The van der Waals surface area contributed by atoms with Gasteiger partial charge in [-0.2, -0.15) is 0 Å². The molecular formula is C14H18N2O2. The van der Waals surface area contributed by atoms with Crippen LogP contribution in [0.1, 0.15) is 30.7 Å². The summed E-state index contributed by atoms with van der Waals surface area (Å²) in [5.41, 5.74) is 1.17. The maximum absolute atomic E-state index is 5.39. The summed E-state index contributed by atoms with van der Waals surface area (Å²) in [6.45, 7) is 2.81. The standard InChI is InChI=1S/C14H18N2O2/c1-3-13(16-9-11-8-15-10-18-11)12-6-4-5-7-14(12)17-2/h4-8,10,13,16H,3,9H2,1-2H3. The molecule has 1 atom stereocenters. The van der Waals surface area contributed by atoms with Crippen molar-refractivity contribution in [3.8, 4) is 5.75 Å². The van der Waals surface area contributed by atoms with E-state index in [4.69, 9.17) is 9.15 Å². The van der Waals surface area contributed by atoms with Crippen molar-refractivity contribution in [3.63, 3.8) is 0 Å². The number of hydrogen-bond acceptors (Lipinski definition) is 4. The van der Waals surface area contributed by atoms with Crippen LogP contribution in [0.25, 0.3) is 0 Å². The van der Waals surface area contributed by atoms with Gasteiger partial charge >= 0.3 is 0 Å². The van der Waals surface area contributed by atoms with E-state index < -0.39 is 0 Å². The SMILES string of the molecule is CCC(NCc1cnco1)c1ccccc1OC. The molecule has 0 bridgehead atoms. The quantitative estimate of drug-likeness (QED) is 0.851. The molecule has 0 aliphatic carbocycles. The molecule has 0 saturated heterocycles. The second-order valence-electron chi connectivity index (χ2n) is 4.05. The van der Waals surface area contributed by atoms with Crippen molar-refractivity contribution in [3.05, 3.63) is 48.2 Å². The zero-order chi connectivity index (χ0) is 12.8. The first-order valence-electron chi connectivity index (χ1n) is 6.08. The molecule has 0 aliphatic rings. The highest BCUT2D eigenvalue weighted by atomic mass is 16.5. The van der Waals surface area contributed by atoms with Crippen molar-refractivity contribution in [1.82, 2.24) is 10.3 Å². The molecule has 1 aromatic heterocycles. The molecule has 18 heavy (non-hydrogen) atoms. The fraction of sp³-hybridized carbons (Fsp3) is 0.357. The smallest absolute Gasteiger partial charge is 0.180 e. The number of ether oxygens (including phenoxy) is 1. The minimum absolute atomic E-state index is 0.242. The average Bonchev–Trinajstić information content (AvgIpc) is 2.93. The first-order chi connectivity index (χ1) is 8.85. The van der Waals surface area contributed by atoms with Gasteiger partial charge in [-0.1, -0.05) is 25.1 Å². The summed E-state index contributed by atoms with van der Waals surface area (Å²) >= 11 is 0. The van der Waals surface area contributed by atoms with E-state index in [2.05, 4.69) is 23.3 Å². The minimum Gasteiger partial charge on any atom is -0.496 e. The third-order valence-corrected chi connectivity index (χ3v) is 2.93. The van der Waals surface area contributed by atoms with Crippen LogP contribution < -0.4 is 10.1 Å². The first-order valence-corrected chi connectivity index (χ1v) is 6.08. The van der Waals surface area contributed by atoms with Gasteiger partial charge < -0.3 is 14.5 Å². The van der Waals surface area contributed by atoms with E-state index in [0.717, 1.165) is 17.9 Å². The molecule has 1 aromatic carbocycles. The third kappa shape index (κ3) is 2.90. The summed E-state index contributed by atoms with van der Waals surface area (Å²) < 4.78 is 10.6. The molecule has 2 aromatic rings. The minimum atomic E-state index is 0.242. The fourth-order valence-electron chi connectivity index (χ4n) is 1.98. The van der Waals surface area contributed by atoms with E-state index in [-0.39, 0.29) is 6.04 Å². The van der Waals surface area contributed by atoms with E-state index in [1.807, 2.05) is 18.2 Å². The second-order valence-corrected chi connectivity index (χ2v) is 4.05. The highest BCUT2D eigenvalue weighted by Crippen LogP contribution is 2.26. The third-order valence-electron chi connectivity index (χ3n) is 2.93. The summed E-state index contributed by atoms with van der Waals surface area (Å²) in [7, 11) is 1.70. The monoisotopic (exact) mass is 246 g/mol. The normalized spacial score (nSPS) is 12.3. The maximum atomic E-state index is 5.39. The molecule has 0 radical (unpaired) electrons. The predicted octanol–water partition coefficient (Wildman–Crippen LogP) is 2.92. The predicted molar refractivity (Wildman–Crippen MR) is 69.4 cm³/mol. The summed E-state index contributed by atoms with van der Waals surface area (Å²) in [6, 6.07) is 8.31.